The van der Waals surface area contributed by atoms with Crippen LogP contribution in [0.2, 0.25) is 0 Å². The number of aromatic carboxylic acids is 1. The number of carbonyl (C=O) groups is 1. The average Bonchev–Trinajstić information content (AvgIpc) is 3.18. The van der Waals surface area contributed by atoms with E-state index in [9.17, 15) is 9.90 Å². The molecule has 3 aromatic carbocycles. The van der Waals surface area contributed by atoms with Gasteiger partial charge in [0, 0.05) is 29.0 Å². The van der Waals surface area contributed by atoms with Crippen molar-refractivity contribution in [3.8, 4) is 16.9 Å². The number of aromatic nitrogens is 2. The number of fused-ring (bicyclic) bond motifs is 3. The van der Waals surface area contributed by atoms with E-state index in [1.54, 1.807) is 24.4 Å². The molecule has 0 amide bonds. The summed E-state index contributed by atoms with van der Waals surface area (Å²) in [5.74, 6) is -0.232. The fraction of sp³-hybridized carbons (Fsp3) is 0.143. The van der Waals surface area contributed by atoms with Gasteiger partial charge in [0.05, 0.1) is 16.8 Å². The maximum Gasteiger partial charge on any atom is 0.335 e. The number of rotatable bonds is 4. The molecule has 0 radical (unpaired) electrons. The Bertz CT molecular complexity index is 1480. The van der Waals surface area contributed by atoms with Crippen LogP contribution in [0.3, 0.4) is 0 Å². The Morgan fingerprint density at radius 2 is 1.84 bits per heavy atom. The second-order valence-electron chi connectivity index (χ2n) is 8.57. The molecule has 156 valence electrons. The van der Waals surface area contributed by atoms with Gasteiger partial charge >= 0.3 is 5.97 Å². The smallest absolute Gasteiger partial charge is 0.335 e. The van der Waals surface area contributed by atoms with Gasteiger partial charge in [0.15, 0.2) is 0 Å². The quantitative estimate of drug-likeness (QED) is 0.349. The first-order valence-electron chi connectivity index (χ1n) is 11.0. The lowest BCUT2D eigenvalue weighted by Crippen LogP contribution is -2.08. The van der Waals surface area contributed by atoms with Crippen LogP contribution in [0.15, 0.2) is 85.2 Å². The second kappa shape index (κ2) is 7.34. The molecular weight excluding hydrogens is 396 g/mol. The number of pyridine rings is 1. The summed E-state index contributed by atoms with van der Waals surface area (Å²) in [6.07, 6.45) is 7.51. The Balaban J connectivity index is 1.63. The average molecular weight is 418 g/mol. The summed E-state index contributed by atoms with van der Waals surface area (Å²) in [6, 6.07) is 24.5. The van der Waals surface area contributed by atoms with Crippen LogP contribution in [-0.2, 0) is 0 Å². The predicted molar refractivity (Wildman–Crippen MR) is 128 cm³/mol. The van der Waals surface area contributed by atoms with Gasteiger partial charge in [-0.3, -0.25) is 4.98 Å². The van der Waals surface area contributed by atoms with E-state index >= 15 is 0 Å². The number of nitrogens with zero attached hydrogens (tertiary/aromatic N) is 2. The third-order valence-corrected chi connectivity index (χ3v) is 6.71. The van der Waals surface area contributed by atoms with Crippen LogP contribution < -0.4 is 0 Å². The summed E-state index contributed by atoms with van der Waals surface area (Å²) >= 11 is 0. The van der Waals surface area contributed by atoms with Crippen LogP contribution in [0.4, 0.5) is 0 Å². The van der Waals surface area contributed by atoms with E-state index in [0.29, 0.717) is 5.92 Å². The Labute approximate surface area is 185 Å². The SMILES string of the molecule is O=C(O)c1cccc(-n2c(-c3cccnc3)cc3c4ccc(C5CCC5)cc4ccc32)c1. The molecule has 2 aromatic heterocycles. The van der Waals surface area contributed by atoms with Crippen molar-refractivity contribution in [1.29, 1.82) is 0 Å². The first-order chi connectivity index (χ1) is 15.7. The zero-order valence-electron chi connectivity index (χ0n) is 17.5. The first-order valence-corrected chi connectivity index (χ1v) is 11.0. The Morgan fingerprint density at radius 1 is 0.938 bits per heavy atom. The topological polar surface area (TPSA) is 55.1 Å². The molecule has 1 saturated carbocycles. The van der Waals surface area contributed by atoms with Gasteiger partial charge in [0.25, 0.3) is 0 Å². The van der Waals surface area contributed by atoms with E-state index in [0.717, 1.165) is 27.8 Å². The van der Waals surface area contributed by atoms with Gasteiger partial charge in [-0.2, -0.15) is 0 Å². The molecular formula is C28H22N2O2. The van der Waals surface area contributed by atoms with Crippen LogP contribution in [0.5, 0.6) is 0 Å². The fourth-order valence-electron chi connectivity index (χ4n) is 4.82. The van der Waals surface area contributed by atoms with Crippen LogP contribution in [0.1, 0.15) is 41.1 Å². The van der Waals surface area contributed by atoms with E-state index < -0.39 is 5.97 Å². The summed E-state index contributed by atoms with van der Waals surface area (Å²) in [4.78, 5) is 15.9. The first kappa shape index (κ1) is 18.8. The van der Waals surface area contributed by atoms with Crippen molar-refractivity contribution in [1.82, 2.24) is 9.55 Å². The van der Waals surface area contributed by atoms with Gasteiger partial charge in [-0.05, 0) is 77.6 Å². The molecule has 4 nitrogen and oxygen atoms in total. The summed E-state index contributed by atoms with van der Waals surface area (Å²) in [7, 11) is 0. The third kappa shape index (κ3) is 2.99. The van der Waals surface area contributed by atoms with Gasteiger partial charge in [-0.15, -0.1) is 0 Å². The van der Waals surface area contributed by atoms with Crippen molar-refractivity contribution in [2.75, 3.05) is 0 Å². The molecule has 0 bridgehead atoms. The van der Waals surface area contributed by atoms with E-state index in [4.69, 9.17) is 0 Å². The normalized spacial score (nSPS) is 14.0. The zero-order valence-corrected chi connectivity index (χ0v) is 17.5. The number of hydrogen-bond acceptors (Lipinski definition) is 2. The van der Waals surface area contributed by atoms with Crippen LogP contribution in [0.25, 0.3) is 38.6 Å². The van der Waals surface area contributed by atoms with Gasteiger partial charge in [0.2, 0.25) is 0 Å². The summed E-state index contributed by atoms with van der Waals surface area (Å²) in [5.41, 5.74) is 5.56. The molecule has 0 unspecified atom stereocenters. The molecule has 1 aliphatic carbocycles. The van der Waals surface area contributed by atoms with Crippen molar-refractivity contribution in [2.45, 2.75) is 25.2 Å². The molecule has 1 N–H and O–H groups in total. The van der Waals surface area contributed by atoms with E-state index in [-0.39, 0.29) is 5.56 Å². The zero-order chi connectivity index (χ0) is 21.7. The highest BCUT2D eigenvalue weighted by Gasteiger charge is 2.20. The van der Waals surface area contributed by atoms with Crippen molar-refractivity contribution in [3.05, 3.63) is 96.3 Å². The van der Waals surface area contributed by atoms with Crippen molar-refractivity contribution >= 4 is 27.6 Å². The standard InChI is InChI=1S/C28H22N2O2/c31-28(32)21-6-2-8-23(15-21)30-26-12-10-20-14-19(18-4-1-5-18)9-11-24(20)25(26)16-27(30)22-7-3-13-29-17-22/h2-3,6-18H,1,4-5H2,(H,31,32). The van der Waals surface area contributed by atoms with Gasteiger partial charge in [-0.1, -0.05) is 36.8 Å². The molecule has 1 aliphatic rings. The molecule has 0 atom stereocenters. The summed E-state index contributed by atoms with van der Waals surface area (Å²) in [5, 5.41) is 13.1. The lowest BCUT2D eigenvalue weighted by molar-refractivity contribution is 0.0697. The highest BCUT2D eigenvalue weighted by molar-refractivity contribution is 6.09. The molecule has 0 spiro atoms. The van der Waals surface area contributed by atoms with E-state index in [2.05, 4.69) is 45.9 Å². The number of carboxylic acids is 1. The number of carboxylic acid groups (broad SMARTS) is 1. The lowest BCUT2D eigenvalue weighted by atomic mass is 9.79. The molecule has 0 saturated heterocycles. The van der Waals surface area contributed by atoms with Crippen LogP contribution in [0, 0.1) is 0 Å². The highest BCUT2D eigenvalue weighted by atomic mass is 16.4. The summed E-state index contributed by atoms with van der Waals surface area (Å²) in [6.45, 7) is 0. The lowest BCUT2D eigenvalue weighted by Gasteiger charge is -2.26. The minimum atomic E-state index is -0.930. The Kier molecular flexibility index (Phi) is 4.32. The minimum absolute atomic E-state index is 0.271. The Morgan fingerprint density at radius 3 is 2.59 bits per heavy atom. The maximum atomic E-state index is 11.6. The highest BCUT2D eigenvalue weighted by Crippen LogP contribution is 2.40. The molecule has 2 heterocycles. The second-order valence-corrected chi connectivity index (χ2v) is 8.57. The molecule has 4 heteroatoms. The number of benzene rings is 3. The largest absolute Gasteiger partial charge is 0.478 e. The van der Waals surface area contributed by atoms with Gasteiger partial charge in [0.1, 0.15) is 0 Å². The molecule has 1 fully saturated rings. The molecule has 0 aliphatic heterocycles. The van der Waals surface area contributed by atoms with Gasteiger partial charge < -0.3 is 9.67 Å². The van der Waals surface area contributed by atoms with E-state index in [1.165, 1.54) is 35.6 Å². The fourth-order valence-corrected chi connectivity index (χ4v) is 4.82. The van der Waals surface area contributed by atoms with Gasteiger partial charge in [-0.25, -0.2) is 4.79 Å². The molecule has 6 rings (SSSR count). The van der Waals surface area contributed by atoms with Crippen molar-refractivity contribution < 1.29 is 9.90 Å². The molecule has 5 aromatic rings. The summed E-state index contributed by atoms with van der Waals surface area (Å²) < 4.78 is 2.14. The predicted octanol–water partition coefficient (Wildman–Crippen LogP) is 6.81. The maximum absolute atomic E-state index is 11.6. The van der Waals surface area contributed by atoms with Crippen LogP contribution in [-0.4, -0.2) is 20.6 Å². The third-order valence-electron chi connectivity index (χ3n) is 6.71. The minimum Gasteiger partial charge on any atom is -0.478 e. The monoisotopic (exact) mass is 418 g/mol. The van der Waals surface area contributed by atoms with E-state index in [1.807, 2.05) is 24.4 Å². The number of hydrogen-bond donors (Lipinski definition) is 1. The van der Waals surface area contributed by atoms with Crippen molar-refractivity contribution in [2.24, 2.45) is 0 Å². The van der Waals surface area contributed by atoms with Crippen LogP contribution >= 0.6 is 0 Å². The Hall–Kier alpha value is -3.92. The molecule has 32 heavy (non-hydrogen) atoms. The van der Waals surface area contributed by atoms with Crippen molar-refractivity contribution in [3.63, 3.8) is 0 Å².